The quantitative estimate of drug-likeness (QED) is 0.546. The van der Waals surface area contributed by atoms with Crippen molar-refractivity contribution in [2.45, 2.75) is 0 Å². The van der Waals surface area contributed by atoms with Gasteiger partial charge in [0, 0.05) is 24.6 Å². The number of fused-ring (bicyclic) bond motifs is 3. The molecule has 0 bridgehead atoms. The fraction of sp³-hybridized carbons (Fsp3) is 0. The van der Waals surface area contributed by atoms with Crippen LogP contribution in [0.2, 0.25) is 0 Å². The van der Waals surface area contributed by atoms with Crippen molar-refractivity contribution in [3.05, 3.63) is 46.9 Å². The molecule has 1 aromatic heterocycles. The number of benzene rings is 2. The summed E-state index contributed by atoms with van der Waals surface area (Å²) in [5, 5.41) is 2.42. The molecular weight excluding hydrogens is 256 g/mol. The molecule has 2 aromatic carbocycles. The zero-order valence-corrected chi connectivity index (χ0v) is 9.65. The molecule has 0 atom stereocenters. The fourth-order valence-electron chi connectivity index (χ4n) is 1.64. The molecule has 0 aliphatic rings. The van der Waals surface area contributed by atoms with E-state index in [1.54, 1.807) is 11.3 Å². The molecule has 0 aliphatic carbocycles. The van der Waals surface area contributed by atoms with Crippen LogP contribution in [0.4, 0.5) is 0 Å². The van der Waals surface area contributed by atoms with E-state index in [4.69, 9.17) is 1.37 Å². The average molecular weight is 264 g/mol. The Hall–Kier alpha value is -0.860. The van der Waals surface area contributed by atoms with E-state index < -0.39 is 0 Å². The van der Waals surface area contributed by atoms with Gasteiger partial charge in [0.25, 0.3) is 0 Å². The summed E-state index contributed by atoms with van der Waals surface area (Å²) in [6.45, 7) is 0. The van der Waals surface area contributed by atoms with Crippen molar-refractivity contribution in [3.8, 4) is 0 Å². The Kier molecular flexibility index (Phi) is 1.63. The second-order valence-electron chi connectivity index (χ2n) is 3.16. The molecule has 3 aromatic rings. The van der Waals surface area contributed by atoms with Crippen molar-refractivity contribution >= 4 is 47.4 Å². The molecule has 0 aliphatic heterocycles. The van der Waals surface area contributed by atoms with E-state index in [0.29, 0.717) is 6.04 Å². The van der Waals surface area contributed by atoms with Crippen molar-refractivity contribution in [2.24, 2.45) is 0 Å². The first-order valence-electron chi connectivity index (χ1n) is 4.82. The molecule has 0 unspecified atom stereocenters. The monoisotopic (exact) mass is 263 g/mol. The highest BCUT2D eigenvalue weighted by molar-refractivity contribution is 9.10. The third-order valence-corrected chi connectivity index (χ3v) is 3.92. The topological polar surface area (TPSA) is 0 Å². The van der Waals surface area contributed by atoms with E-state index in [1.807, 2.05) is 18.2 Å². The summed E-state index contributed by atoms with van der Waals surface area (Å²) in [5.74, 6) is 0. The van der Waals surface area contributed by atoms with Gasteiger partial charge in [-0.05, 0) is 24.3 Å². The summed E-state index contributed by atoms with van der Waals surface area (Å²) in [6.07, 6.45) is 0. The standard InChI is InChI=1S/C12H7BrS/c13-8-5-6-12-10(7-8)9-3-1-2-4-11(9)14-12/h1-7H/i1D. The first-order valence-corrected chi connectivity index (χ1v) is 5.93. The molecule has 2 heteroatoms. The SMILES string of the molecule is [2H]c1ccc2sc3ccc(Br)cc3c2c1. The van der Waals surface area contributed by atoms with E-state index in [0.717, 1.165) is 4.47 Å². The molecule has 0 saturated carbocycles. The zero-order valence-electron chi connectivity index (χ0n) is 8.25. The minimum absolute atomic E-state index is 0.571. The Morgan fingerprint density at radius 3 is 2.86 bits per heavy atom. The van der Waals surface area contributed by atoms with Crippen molar-refractivity contribution in [1.82, 2.24) is 0 Å². The molecule has 0 saturated heterocycles. The smallest absolute Gasteiger partial charge is 0.0623 e. The van der Waals surface area contributed by atoms with Gasteiger partial charge in [0.2, 0.25) is 0 Å². The van der Waals surface area contributed by atoms with E-state index in [1.165, 1.54) is 20.2 Å². The van der Waals surface area contributed by atoms with Crippen LogP contribution >= 0.6 is 27.3 Å². The molecule has 3 rings (SSSR count). The van der Waals surface area contributed by atoms with E-state index in [9.17, 15) is 0 Å². The summed E-state index contributed by atoms with van der Waals surface area (Å²) < 4.78 is 11.3. The Morgan fingerprint density at radius 1 is 1.07 bits per heavy atom. The number of rotatable bonds is 0. The van der Waals surface area contributed by atoms with Gasteiger partial charge >= 0.3 is 0 Å². The van der Waals surface area contributed by atoms with Gasteiger partial charge in [-0.15, -0.1) is 11.3 Å². The fourth-order valence-corrected chi connectivity index (χ4v) is 3.06. The van der Waals surface area contributed by atoms with Crippen molar-refractivity contribution in [3.63, 3.8) is 0 Å². The molecule has 0 fully saturated rings. The second-order valence-corrected chi connectivity index (χ2v) is 5.16. The summed E-state index contributed by atoms with van der Waals surface area (Å²) >= 11 is 5.25. The molecular formula is C12H7BrS. The van der Waals surface area contributed by atoms with Gasteiger partial charge < -0.3 is 0 Å². The molecule has 68 valence electrons. The van der Waals surface area contributed by atoms with E-state index in [2.05, 4.69) is 34.1 Å². The highest BCUT2D eigenvalue weighted by Gasteiger charge is 2.03. The molecule has 0 radical (unpaired) electrons. The minimum Gasteiger partial charge on any atom is -0.135 e. The lowest BCUT2D eigenvalue weighted by atomic mass is 10.2. The molecule has 14 heavy (non-hydrogen) atoms. The predicted molar refractivity (Wildman–Crippen MR) is 67.0 cm³/mol. The lowest BCUT2D eigenvalue weighted by Gasteiger charge is -1.91. The highest BCUT2D eigenvalue weighted by atomic mass is 79.9. The zero-order chi connectivity index (χ0) is 10.4. The van der Waals surface area contributed by atoms with Crippen LogP contribution in [0.1, 0.15) is 1.37 Å². The largest absolute Gasteiger partial charge is 0.135 e. The Bertz CT molecular complexity index is 601. The third kappa shape index (κ3) is 1.18. The number of halogens is 1. The first-order chi connectivity index (χ1) is 7.24. The Labute approximate surface area is 95.7 Å². The van der Waals surface area contributed by atoms with Gasteiger partial charge in [-0.1, -0.05) is 34.1 Å². The van der Waals surface area contributed by atoms with Crippen LogP contribution in [0.25, 0.3) is 20.2 Å². The highest BCUT2D eigenvalue weighted by Crippen LogP contribution is 2.34. The van der Waals surface area contributed by atoms with Gasteiger partial charge in [-0.2, -0.15) is 0 Å². The van der Waals surface area contributed by atoms with Crippen LogP contribution in [0.3, 0.4) is 0 Å². The lowest BCUT2D eigenvalue weighted by molar-refractivity contribution is 1.77. The van der Waals surface area contributed by atoms with Crippen LogP contribution in [0, 0.1) is 0 Å². The number of thiophene rings is 1. The molecule has 1 heterocycles. The summed E-state index contributed by atoms with van der Waals surface area (Å²) in [6, 6.07) is 12.7. The second kappa shape index (κ2) is 3.07. The molecule has 0 N–H and O–H groups in total. The van der Waals surface area contributed by atoms with Crippen LogP contribution in [-0.2, 0) is 0 Å². The van der Waals surface area contributed by atoms with E-state index in [-0.39, 0.29) is 0 Å². The van der Waals surface area contributed by atoms with Gasteiger partial charge in [0.15, 0.2) is 0 Å². The number of hydrogen-bond acceptors (Lipinski definition) is 1. The lowest BCUT2D eigenvalue weighted by Crippen LogP contribution is -1.65. The van der Waals surface area contributed by atoms with Crippen molar-refractivity contribution in [1.29, 1.82) is 0 Å². The summed E-state index contributed by atoms with van der Waals surface area (Å²) in [4.78, 5) is 0. The van der Waals surface area contributed by atoms with Gasteiger partial charge in [0.05, 0.1) is 1.37 Å². The Balaban J connectivity index is 2.55. The average Bonchev–Trinajstić information content (AvgIpc) is 2.56. The first kappa shape index (κ1) is 7.43. The van der Waals surface area contributed by atoms with E-state index >= 15 is 0 Å². The van der Waals surface area contributed by atoms with Crippen molar-refractivity contribution < 1.29 is 1.37 Å². The molecule has 0 spiro atoms. The third-order valence-electron chi connectivity index (χ3n) is 2.28. The van der Waals surface area contributed by atoms with Gasteiger partial charge in [0.1, 0.15) is 0 Å². The van der Waals surface area contributed by atoms with Gasteiger partial charge in [-0.3, -0.25) is 0 Å². The maximum absolute atomic E-state index is 7.64. The Morgan fingerprint density at radius 2 is 1.93 bits per heavy atom. The van der Waals surface area contributed by atoms with Crippen LogP contribution < -0.4 is 0 Å². The number of hydrogen-bond donors (Lipinski definition) is 0. The maximum Gasteiger partial charge on any atom is 0.0623 e. The minimum atomic E-state index is 0.571. The normalized spacial score (nSPS) is 12.2. The van der Waals surface area contributed by atoms with Crippen LogP contribution in [-0.4, -0.2) is 0 Å². The maximum atomic E-state index is 7.64. The molecule has 0 nitrogen and oxygen atoms in total. The predicted octanol–water partition coefficient (Wildman–Crippen LogP) is 4.82. The van der Waals surface area contributed by atoms with Crippen LogP contribution in [0.15, 0.2) is 46.9 Å². The van der Waals surface area contributed by atoms with Gasteiger partial charge in [-0.25, -0.2) is 0 Å². The van der Waals surface area contributed by atoms with Crippen molar-refractivity contribution in [2.75, 3.05) is 0 Å². The van der Waals surface area contributed by atoms with Crippen LogP contribution in [0.5, 0.6) is 0 Å². The summed E-state index contributed by atoms with van der Waals surface area (Å²) in [5.41, 5.74) is 0. The summed E-state index contributed by atoms with van der Waals surface area (Å²) in [7, 11) is 0. The molecule has 0 amide bonds.